The summed E-state index contributed by atoms with van der Waals surface area (Å²) in [4.78, 5) is 0. The van der Waals surface area contributed by atoms with Gasteiger partial charge in [0.25, 0.3) is 0 Å². The Morgan fingerprint density at radius 3 is 2.13 bits per heavy atom. The van der Waals surface area contributed by atoms with Gasteiger partial charge >= 0.3 is 0 Å². The van der Waals surface area contributed by atoms with E-state index in [0.29, 0.717) is 0 Å². The molecule has 0 fully saturated rings. The topological polar surface area (TPSA) is 3.88 Å². The summed E-state index contributed by atoms with van der Waals surface area (Å²) < 4.78 is 2.33. The van der Waals surface area contributed by atoms with E-state index < -0.39 is 0 Å². The van der Waals surface area contributed by atoms with Gasteiger partial charge in [-0.2, -0.15) is 0 Å². The van der Waals surface area contributed by atoms with Crippen molar-refractivity contribution in [3.8, 4) is 0 Å². The number of aryl methyl sites for hydroxylation is 2. The highest BCUT2D eigenvalue weighted by Gasteiger charge is 2.05. The molecular formula is C22H40N+. The zero-order valence-corrected chi connectivity index (χ0v) is 16.0. The van der Waals surface area contributed by atoms with Crippen LogP contribution in [0.5, 0.6) is 0 Å². The Morgan fingerprint density at radius 1 is 0.870 bits per heavy atom. The first-order chi connectivity index (χ1) is 11.2. The molecule has 0 aliphatic heterocycles. The van der Waals surface area contributed by atoms with Gasteiger partial charge in [0, 0.05) is 18.1 Å². The maximum atomic E-state index is 2.44. The van der Waals surface area contributed by atoms with Crippen molar-refractivity contribution in [3.63, 3.8) is 0 Å². The van der Waals surface area contributed by atoms with Crippen LogP contribution in [-0.2, 0) is 6.54 Å². The smallest absolute Gasteiger partial charge is 0.171 e. The van der Waals surface area contributed by atoms with Crippen molar-refractivity contribution in [1.82, 2.24) is 0 Å². The number of hydrogen-bond acceptors (Lipinski definition) is 0. The van der Waals surface area contributed by atoms with E-state index >= 15 is 0 Å². The molecule has 0 saturated carbocycles. The lowest BCUT2D eigenvalue weighted by molar-refractivity contribution is -0.697. The zero-order valence-electron chi connectivity index (χ0n) is 16.0. The van der Waals surface area contributed by atoms with E-state index in [0.717, 1.165) is 5.92 Å². The first kappa shape index (κ1) is 20.2. The normalized spacial score (nSPS) is 12.5. The molecule has 0 amide bonds. The van der Waals surface area contributed by atoms with E-state index in [2.05, 4.69) is 49.9 Å². The summed E-state index contributed by atoms with van der Waals surface area (Å²) in [5.41, 5.74) is 1.36. The maximum absolute atomic E-state index is 2.44. The SMILES string of the molecule is CCCCCCCCCCCC(C)CCC[n+]1cccc(C)c1. The first-order valence-electron chi connectivity index (χ1n) is 10.2. The van der Waals surface area contributed by atoms with Crippen molar-refractivity contribution in [2.75, 3.05) is 0 Å². The molecule has 0 radical (unpaired) electrons. The van der Waals surface area contributed by atoms with E-state index in [1.807, 2.05) is 0 Å². The van der Waals surface area contributed by atoms with Crippen LogP contribution in [0.3, 0.4) is 0 Å². The molecule has 1 nitrogen and oxygen atoms in total. The van der Waals surface area contributed by atoms with E-state index in [-0.39, 0.29) is 0 Å². The van der Waals surface area contributed by atoms with Crippen molar-refractivity contribution in [3.05, 3.63) is 30.1 Å². The minimum Gasteiger partial charge on any atom is -0.205 e. The Bertz CT molecular complexity index is 385. The second kappa shape index (κ2) is 13.6. The van der Waals surface area contributed by atoms with Crippen molar-refractivity contribution in [1.29, 1.82) is 0 Å². The molecule has 1 heteroatoms. The number of pyridine rings is 1. The van der Waals surface area contributed by atoms with Gasteiger partial charge in [-0.25, -0.2) is 4.57 Å². The fraction of sp³-hybridized carbons (Fsp3) is 0.773. The molecule has 0 bridgehead atoms. The highest BCUT2D eigenvalue weighted by atomic mass is 14.9. The van der Waals surface area contributed by atoms with Crippen LogP contribution < -0.4 is 4.57 Å². The van der Waals surface area contributed by atoms with Crippen LogP contribution in [0.1, 0.15) is 96.5 Å². The van der Waals surface area contributed by atoms with E-state index in [4.69, 9.17) is 0 Å². The van der Waals surface area contributed by atoms with Gasteiger partial charge in [0.2, 0.25) is 0 Å². The lowest BCUT2D eigenvalue weighted by Crippen LogP contribution is -2.33. The van der Waals surface area contributed by atoms with E-state index in [9.17, 15) is 0 Å². The molecule has 0 aliphatic rings. The number of rotatable bonds is 14. The molecule has 1 heterocycles. The lowest BCUT2D eigenvalue weighted by Gasteiger charge is -2.10. The molecule has 1 atom stereocenters. The summed E-state index contributed by atoms with van der Waals surface area (Å²) >= 11 is 0. The van der Waals surface area contributed by atoms with E-state index in [1.54, 1.807) is 0 Å². The molecule has 132 valence electrons. The third kappa shape index (κ3) is 11.3. The van der Waals surface area contributed by atoms with Crippen LogP contribution in [0.4, 0.5) is 0 Å². The predicted octanol–water partition coefficient (Wildman–Crippen LogP) is 6.62. The van der Waals surface area contributed by atoms with Gasteiger partial charge in [-0.05, 0) is 25.3 Å². The van der Waals surface area contributed by atoms with Crippen molar-refractivity contribution < 1.29 is 4.57 Å². The van der Waals surface area contributed by atoms with Crippen LogP contribution in [-0.4, -0.2) is 0 Å². The van der Waals surface area contributed by atoms with Crippen LogP contribution in [0.25, 0.3) is 0 Å². The molecule has 0 aromatic carbocycles. The molecule has 0 N–H and O–H groups in total. The van der Waals surface area contributed by atoms with E-state index in [1.165, 1.54) is 89.2 Å². The Kier molecular flexibility index (Phi) is 11.9. The minimum absolute atomic E-state index is 0.893. The average molecular weight is 319 g/mol. The fourth-order valence-corrected chi connectivity index (χ4v) is 3.36. The summed E-state index contributed by atoms with van der Waals surface area (Å²) in [5.74, 6) is 0.893. The molecule has 1 aromatic heterocycles. The van der Waals surface area contributed by atoms with Gasteiger partial charge in [-0.15, -0.1) is 0 Å². The van der Waals surface area contributed by atoms with Crippen molar-refractivity contribution >= 4 is 0 Å². The molecule has 0 saturated heterocycles. The van der Waals surface area contributed by atoms with Gasteiger partial charge in [0.15, 0.2) is 12.4 Å². The minimum atomic E-state index is 0.893. The number of aromatic nitrogens is 1. The average Bonchev–Trinajstić information content (AvgIpc) is 2.53. The van der Waals surface area contributed by atoms with Crippen molar-refractivity contribution in [2.45, 2.75) is 104 Å². The third-order valence-electron chi connectivity index (χ3n) is 4.92. The first-order valence-corrected chi connectivity index (χ1v) is 10.2. The van der Waals surface area contributed by atoms with Gasteiger partial charge in [-0.1, -0.05) is 78.1 Å². The van der Waals surface area contributed by atoms with Crippen LogP contribution in [0.15, 0.2) is 24.5 Å². The Labute approximate surface area is 145 Å². The molecule has 23 heavy (non-hydrogen) atoms. The van der Waals surface area contributed by atoms with Crippen LogP contribution in [0.2, 0.25) is 0 Å². The molecule has 0 spiro atoms. The molecule has 1 aromatic rings. The quantitative estimate of drug-likeness (QED) is 0.268. The number of hydrogen-bond donors (Lipinski definition) is 0. The molecule has 0 aliphatic carbocycles. The summed E-state index contributed by atoms with van der Waals surface area (Å²) in [6.07, 6.45) is 21.5. The highest BCUT2D eigenvalue weighted by molar-refractivity contribution is 5.01. The van der Waals surface area contributed by atoms with Gasteiger partial charge in [-0.3, -0.25) is 0 Å². The highest BCUT2D eigenvalue weighted by Crippen LogP contribution is 2.16. The summed E-state index contributed by atoms with van der Waals surface area (Å²) in [6.45, 7) is 8.07. The molecule has 1 unspecified atom stereocenters. The second-order valence-corrected chi connectivity index (χ2v) is 7.48. The third-order valence-corrected chi connectivity index (χ3v) is 4.92. The summed E-state index contributed by atoms with van der Waals surface area (Å²) in [7, 11) is 0. The largest absolute Gasteiger partial charge is 0.205 e. The zero-order chi connectivity index (χ0) is 16.8. The molecule has 1 rings (SSSR count). The number of unbranched alkanes of at least 4 members (excludes halogenated alkanes) is 8. The van der Waals surface area contributed by atoms with Crippen LogP contribution in [0, 0.1) is 12.8 Å². The Balaban J connectivity index is 1.91. The number of nitrogens with zero attached hydrogens (tertiary/aromatic N) is 1. The van der Waals surface area contributed by atoms with Crippen LogP contribution >= 0.6 is 0 Å². The predicted molar refractivity (Wildman–Crippen MR) is 102 cm³/mol. The summed E-state index contributed by atoms with van der Waals surface area (Å²) in [6, 6.07) is 4.32. The maximum Gasteiger partial charge on any atom is 0.171 e. The van der Waals surface area contributed by atoms with Gasteiger partial charge in [0.1, 0.15) is 6.54 Å². The van der Waals surface area contributed by atoms with Gasteiger partial charge in [0.05, 0.1) is 0 Å². The Hall–Kier alpha value is -0.850. The second-order valence-electron chi connectivity index (χ2n) is 7.48. The fourth-order valence-electron chi connectivity index (χ4n) is 3.36. The summed E-state index contributed by atoms with van der Waals surface area (Å²) in [5, 5.41) is 0. The Morgan fingerprint density at radius 2 is 1.48 bits per heavy atom. The standard InChI is InChI=1S/C22H40N/c1-4-5-6-7-8-9-10-11-12-15-21(2)16-13-18-23-19-14-17-22(3)20-23/h14,17,19-21H,4-13,15-16,18H2,1-3H3/q+1. The molecular weight excluding hydrogens is 278 g/mol. The monoisotopic (exact) mass is 318 g/mol. The van der Waals surface area contributed by atoms with Gasteiger partial charge < -0.3 is 0 Å². The van der Waals surface area contributed by atoms with Crippen molar-refractivity contribution in [2.24, 2.45) is 5.92 Å². The lowest BCUT2D eigenvalue weighted by atomic mass is 9.97.